The van der Waals surface area contributed by atoms with Crippen molar-refractivity contribution in [3.8, 4) is 0 Å². The van der Waals surface area contributed by atoms with Crippen LogP contribution >= 0.6 is 0 Å². The van der Waals surface area contributed by atoms with Gasteiger partial charge in [0.2, 0.25) is 0 Å². The molecule has 0 bridgehead atoms. The maximum Gasteiger partial charge on any atom is 0.314 e. The summed E-state index contributed by atoms with van der Waals surface area (Å²) in [6.07, 6.45) is 0.389. The second-order valence-electron chi connectivity index (χ2n) is 1.45. The Morgan fingerprint density at radius 2 is 1.50 bits per heavy atom. The molecule has 0 aliphatic carbocycles. The SMILES string of the molecule is O=C1NCCN1.O=CC=O. The molecule has 1 fully saturated rings. The number of hydrogen-bond acceptors (Lipinski definition) is 3. The van der Waals surface area contributed by atoms with E-state index in [1.54, 1.807) is 0 Å². The Kier molecular flexibility index (Phi) is 4.94. The van der Waals surface area contributed by atoms with E-state index in [-0.39, 0.29) is 18.6 Å². The number of carbonyl (C=O) groups excluding carboxylic acids is 3. The van der Waals surface area contributed by atoms with Gasteiger partial charge in [0.25, 0.3) is 0 Å². The number of hydrogen-bond donors (Lipinski definition) is 2. The van der Waals surface area contributed by atoms with Gasteiger partial charge in [-0.2, -0.15) is 0 Å². The van der Waals surface area contributed by atoms with Gasteiger partial charge in [0.15, 0.2) is 12.6 Å². The third-order valence-electron chi connectivity index (χ3n) is 0.752. The van der Waals surface area contributed by atoms with Gasteiger partial charge in [0.1, 0.15) is 0 Å². The first-order valence-corrected chi connectivity index (χ1v) is 2.72. The summed E-state index contributed by atoms with van der Waals surface area (Å²) < 4.78 is 0. The number of carbonyl (C=O) groups is 3. The minimum Gasteiger partial charge on any atom is -0.336 e. The Balaban J connectivity index is 0.000000180. The molecule has 1 rings (SSSR count). The van der Waals surface area contributed by atoms with Gasteiger partial charge in [-0.1, -0.05) is 0 Å². The zero-order valence-electron chi connectivity index (χ0n) is 5.29. The van der Waals surface area contributed by atoms with Gasteiger partial charge in [0.05, 0.1) is 0 Å². The fraction of sp³-hybridized carbons (Fsp3) is 0.400. The Labute approximate surface area is 57.8 Å². The number of urea groups is 1. The molecule has 0 radical (unpaired) electrons. The van der Waals surface area contributed by atoms with E-state index in [0.717, 1.165) is 13.1 Å². The molecule has 10 heavy (non-hydrogen) atoms. The Morgan fingerprint density at radius 3 is 1.60 bits per heavy atom. The number of rotatable bonds is 1. The molecule has 0 saturated carbocycles. The lowest BCUT2D eigenvalue weighted by molar-refractivity contribution is -0.122. The zero-order chi connectivity index (χ0) is 7.82. The summed E-state index contributed by atoms with van der Waals surface area (Å²) in [6.45, 7) is 1.55. The number of aldehydes is 2. The highest BCUT2D eigenvalue weighted by Crippen LogP contribution is 1.69. The van der Waals surface area contributed by atoms with E-state index >= 15 is 0 Å². The normalized spacial score (nSPS) is 13.8. The van der Waals surface area contributed by atoms with Crippen molar-refractivity contribution in [2.75, 3.05) is 13.1 Å². The second-order valence-corrected chi connectivity index (χ2v) is 1.45. The molecule has 1 saturated heterocycles. The molecule has 0 aromatic rings. The third kappa shape index (κ3) is 4.76. The molecule has 0 aromatic carbocycles. The molecule has 1 aliphatic heterocycles. The summed E-state index contributed by atoms with van der Waals surface area (Å²) in [6, 6.07) is -0.0463. The highest BCUT2D eigenvalue weighted by atomic mass is 16.2. The standard InChI is InChI=1S/C3H6N2O.C2H2O2/c6-3-4-1-2-5-3;3-1-2-4/h1-2H2,(H2,4,5,6);1-2H. The lowest BCUT2D eigenvalue weighted by Crippen LogP contribution is -2.20. The number of nitrogens with one attached hydrogen (secondary N) is 2. The number of amides is 2. The first-order valence-electron chi connectivity index (χ1n) is 2.72. The van der Waals surface area contributed by atoms with E-state index < -0.39 is 0 Å². The molecule has 2 amide bonds. The highest BCUT2D eigenvalue weighted by Gasteiger charge is 2.02. The fourth-order valence-electron chi connectivity index (χ4n) is 0.415. The molecule has 5 nitrogen and oxygen atoms in total. The van der Waals surface area contributed by atoms with Gasteiger partial charge in [0, 0.05) is 13.1 Å². The molecule has 56 valence electrons. The minimum atomic E-state index is -0.0463. The van der Waals surface area contributed by atoms with E-state index in [4.69, 9.17) is 9.59 Å². The van der Waals surface area contributed by atoms with E-state index in [1.807, 2.05) is 0 Å². The quantitative estimate of drug-likeness (QED) is 0.354. The van der Waals surface area contributed by atoms with Crippen LogP contribution in [0.5, 0.6) is 0 Å². The van der Waals surface area contributed by atoms with Crippen molar-refractivity contribution in [1.82, 2.24) is 10.6 Å². The lowest BCUT2D eigenvalue weighted by Gasteiger charge is -1.80. The second kappa shape index (κ2) is 5.74. The maximum absolute atomic E-state index is 10.0. The Bertz CT molecular complexity index is 121. The van der Waals surface area contributed by atoms with Gasteiger partial charge in [-0.25, -0.2) is 4.79 Å². The first kappa shape index (κ1) is 8.61. The average molecular weight is 144 g/mol. The van der Waals surface area contributed by atoms with Crippen LogP contribution < -0.4 is 10.6 Å². The van der Waals surface area contributed by atoms with Crippen LogP contribution in [0.4, 0.5) is 4.79 Å². The van der Waals surface area contributed by atoms with Crippen LogP contribution in [0.15, 0.2) is 0 Å². The molecule has 0 spiro atoms. The summed E-state index contributed by atoms with van der Waals surface area (Å²) in [7, 11) is 0. The van der Waals surface area contributed by atoms with Crippen LogP contribution in [0.3, 0.4) is 0 Å². The van der Waals surface area contributed by atoms with Crippen molar-refractivity contribution >= 4 is 18.6 Å². The first-order chi connectivity index (χ1) is 4.81. The van der Waals surface area contributed by atoms with Gasteiger partial charge >= 0.3 is 6.03 Å². The summed E-state index contributed by atoms with van der Waals surface area (Å²) in [4.78, 5) is 27.6. The summed E-state index contributed by atoms with van der Waals surface area (Å²) in [5.41, 5.74) is 0. The van der Waals surface area contributed by atoms with Crippen LogP contribution in [-0.2, 0) is 9.59 Å². The van der Waals surface area contributed by atoms with Gasteiger partial charge < -0.3 is 10.6 Å². The monoisotopic (exact) mass is 144 g/mol. The smallest absolute Gasteiger partial charge is 0.314 e. The molecule has 0 unspecified atom stereocenters. The van der Waals surface area contributed by atoms with Crippen LogP contribution in [0.2, 0.25) is 0 Å². The zero-order valence-corrected chi connectivity index (χ0v) is 5.29. The van der Waals surface area contributed by atoms with Crippen molar-refractivity contribution in [2.24, 2.45) is 0 Å². The Morgan fingerprint density at radius 1 is 1.10 bits per heavy atom. The van der Waals surface area contributed by atoms with Crippen molar-refractivity contribution in [1.29, 1.82) is 0 Å². The predicted octanol–water partition coefficient (Wildman–Crippen LogP) is -1.32. The van der Waals surface area contributed by atoms with Gasteiger partial charge in [-0.05, 0) is 0 Å². The molecule has 2 N–H and O–H groups in total. The topological polar surface area (TPSA) is 75.3 Å². The van der Waals surface area contributed by atoms with Crippen molar-refractivity contribution in [3.05, 3.63) is 0 Å². The van der Waals surface area contributed by atoms with E-state index in [9.17, 15) is 4.79 Å². The van der Waals surface area contributed by atoms with Gasteiger partial charge in [-0.3, -0.25) is 9.59 Å². The predicted molar refractivity (Wildman–Crippen MR) is 33.5 cm³/mol. The summed E-state index contributed by atoms with van der Waals surface area (Å²) in [5, 5.41) is 5.14. The fourth-order valence-corrected chi connectivity index (χ4v) is 0.415. The van der Waals surface area contributed by atoms with Crippen molar-refractivity contribution in [2.45, 2.75) is 0 Å². The largest absolute Gasteiger partial charge is 0.336 e. The molecule has 0 atom stereocenters. The van der Waals surface area contributed by atoms with Crippen LogP contribution in [-0.4, -0.2) is 31.7 Å². The molecular weight excluding hydrogens is 136 g/mol. The molecule has 0 aromatic heterocycles. The van der Waals surface area contributed by atoms with Crippen LogP contribution in [0.25, 0.3) is 0 Å². The van der Waals surface area contributed by atoms with E-state index in [2.05, 4.69) is 10.6 Å². The summed E-state index contributed by atoms with van der Waals surface area (Å²) in [5.74, 6) is 0. The molecule has 5 heteroatoms. The van der Waals surface area contributed by atoms with Crippen molar-refractivity contribution in [3.63, 3.8) is 0 Å². The molecule has 1 heterocycles. The Hall–Kier alpha value is -1.39. The van der Waals surface area contributed by atoms with E-state index in [0.29, 0.717) is 0 Å². The van der Waals surface area contributed by atoms with Crippen LogP contribution in [0.1, 0.15) is 0 Å². The summed E-state index contributed by atoms with van der Waals surface area (Å²) >= 11 is 0. The van der Waals surface area contributed by atoms with E-state index in [1.165, 1.54) is 0 Å². The molecule has 1 aliphatic rings. The van der Waals surface area contributed by atoms with Gasteiger partial charge in [-0.15, -0.1) is 0 Å². The minimum absolute atomic E-state index is 0.0463. The lowest BCUT2D eigenvalue weighted by atomic mass is 10.7. The highest BCUT2D eigenvalue weighted by molar-refractivity contribution is 6.09. The maximum atomic E-state index is 10.0. The third-order valence-corrected chi connectivity index (χ3v) is 0.752. The van der Waals surface area contributed by atoms with Crippen molar-refractivity contribution < 1.29 is 14.4 Å². The average Bonchev–Trinajstić information content (AvgIpc) is 2.40. The molecular formula is C5H8N2O3. The van der Waals surface area contributed by atoms with Crippen LogP contribution in [0, 0.1) is 0 Å².